The lowest BCUT2D eigenvalue weighted by Gasteiger charge is -2.21. The molecule has 1 aromatic carbocycles. The number of fused-ring (bicyclic) bond motifs is 1. The van der Waals surface area contributed by atoms with E-state index in [9.17, 15) is 9.59 Å². The largest absolute Gasteiger partial charge is 0.448 e. The van der Waals surface area contributed by atoms with Gasteiger partial charge in [0.05, 0.1) is 5.92 Å². The fourth-order valence-corrected chi connectivity index (χ4v) is 4.10. The average molecular weight is 358 g/mol. The summed E-state index contributed by atoms with van der Waals surface area (Å²) in [7, 11) is 0. The Labute approximate surface area is 153 Å². The first-order chi connectivity index (χ1) is 12.4. The molecule has 6 nitrogen and oxygen atoms in total. The van der Waals surface area contributed by atoms with Gasteiger partial charge < -0.3 is 19.7 Å². The molecule has 140 valence electrons. The number of hydrogen-bond donors (Lipinski definition) is 1. The zero-order valence-electron chi connectivity index (χ0n) is 15.4. The number of ether oxygens (including phenoxy) is 2. The Balaban J connectivity index is 1.40. The monoisotopic (exact) mass is 358 g/mol. The quantitative estimate of drug-likeness (QED) is 0.898. The van der Waals surface area contributed by atoms with Gasteiger partial charge in [0.1, 0.15) is 0 Å². The summed E-state index contributed by atoms with van der Waals surface area (Å²) in [6.45, 7) is 5.35. The van der Waals surface area contributed by atoms with Crippen LogP contribution in [0.1, 0.15) is 46.0 Å². The van der Waals surface area contributed by atoms with E-state index in [0.29, 0.717) is 30.4 Å². The number of amides is 2. The van der Waals surface area contributed by atoms with Crippen LogP contribution in [0.3, 0.4) is 0 Å². The first kappa shape index (κ1) is 17.2. The number of nitrogens with one attached hydrogen (secondary N) is 1. The molecule has 0 radical (unpaired) electrons. The van der Waals surface area contributed by atoms with Crippen molar-refractivity contribution in [3.63, 3.8) is 0 Å². The van der Waals surface area contributed by atoms with Gasteiger partial charge in [0.2, 0.25) is 11.8 Å². The molecule has 2 aliphatic heterocycles. The molecule has 0 bridgehead atoms. The highest BCUT2D eigenvalue weighted by atomic mass is 16.7. The SMILES string of the molecule is CC(C)CN1C[C@@H](C(=O)Nc2ccc3c(c2)OC2(CCCC2)O3)CC1=O. The van der Waals surface area contributed by atoms with Crippen LogP contribution in [0, 0.1) is 11.8 Å². The standard InChI is InChI=1S/C20H26N2O4/c1-13(2)11-22-12-14(9-18(22)23)19(24)21-15-5-6-16-17(10-15)26-20(25-16)7-3-4-8-20/h5-6,10,13-14H,3-4,7-9,11-12H2,1-2H3,(H,21,24)/t14-/m0/s1. The molecule has 0 unspecified atom stereocenters. The average Bonchev–Trinajstić information content (AvgIpc) is 3.27. The van der Waals surface area contributed by atoms with E-state index in [1.807, 2.05) is 18.2 Å². The summed E-state index contributed by atoms with van der Waals surface area (Å²) in [5, 5.41) is 2.93. The summed E-state index contributed by atoms with van der Waals surface area (Å²) in [4.78, 5) is 26.5. The van der Waals surface area contributed by atoms with Crippen LogP contribution in [0.25, 0.3) is 0 Å². The highest BCUT2D eigenvalue weighted by Gasteiger charge is 2.44. The lowest BCUT2D eigenvalue weighted by Crippen LogP contribution is -2.34. The Hall–Kier alpha value is -2.24. The number of benzene rings is 1. The molecule has 3 aliphatic rings. The summed E-state index contributed by atoms with van der Waals surface area (Å²) in [5.41, 5.74) is 0.683. The number of anilines is 1. The number of rotatable bonds is 4. The maximum atomic E-state index is 12.6. The van der Waals surface area contributed by atoms with Crippen LogP contribution in [0.2, 0.25) is 0 Å². The van der Waals surface area contributed by atoms with Crippen molar-refractivity contribution in [2.45, 2.75) is 51.7 Å². The van der Waals surface area contributed by atoms with Gasteiger partial charge in [0.15, 0.2) is 11.5 Å². The second-order valence-electron chi connectivity index (χ2n) is 8.07. The molecule has 6 heteroatoms. The Morgan fingerprint density at radius 1 is 1.27 bits per heavy atom. The van der Waals surface area contributed by atoms with Crippen molar-refractivity contribution in [2.75, 3.05) is 18.4 Å². The van der Waals surface area contributed by atoms with E-state index in [-0.39, 0.29) is 24.2 Å². The van der Waals surface area contributed by atoms with Gasteiger partial charge in [-0.25, -0.2) is 0 Å². The van der Waals surface area contributed by atoms with Crippen molar-refractivity contribution < 1.29 is 19.1 Å². The smallest absolute Gasteiger partial charge is 0.251 e. The van der Waals surface area contributed by atoms with E-state index in [4.69, 9.17) is 9.47 Å². The third-order valence-corrected chi connectivity index (χ3v) is 5.34. The van der Waals surface area contributed by atoms with Crippen LogP contribution in [-0.4, -0.2) is 35.6 Å². The van der Waals surface area contributed by atoms with Gasteiger partial charge in [-0.1, -0.05) is 13.8 Å². The second-order valence-corrected chi connectivity index (χ2v) is 8.07. The van der Waals surface area contributed by atoms with Crippen LogP contribution >= 0.6 is 0 Å². The third-order valence-electron chi connectivity index (χ3n) is 5.34. The Kier molecular flexibility index (Phi) is 4.29. The van der Waals surface area contributed by atoms with Gasteiger partial charge in [-0.3, -0.25) is 9.59 Å². The van der Waals surface area contributed by atoms with E-state index in [2.05, 4.69) is 19.2 Å². The number of carbonyl (C=O) groups excluding carboxylic acids is 2. The molecule has 1 spiro atoms. The van der Waals surface area contributed by atoms with Crippen molar-refractivity contribution in [2.24, 2.45) is 11.8 Å². The molecule has 2 amide bonds. The molecule has 2 fully saturated rings. The summed E-state index contributed by atoms with van der Waals surface area (Å²) in [6, 6.07) is 5.50. The summed E-state index contributed by atoms with van der Waals surface area (Å²) in [5.74, 6) is 0.982. The third kappa shape index (κ3) is 3.24. The summed E-state index contributed by atoms with van der Waals surface area (Å²) in [6.07, 6.45) is 4.31. The highest BCUT2D eigenvalue weighted by molar-refractivity contribution is 5.97. The molecule has 0 aromatic heterocycles. The molecule has 26 heavy (non-hydrogen) atoms. The molecular formula is C20H26N2O4. The van der Waals surface area contributed by atoms with Gasteiger partial charge in [0, 0.05) is 44.1 Å². The highest BCUT2D eigenvalue weighted by Crippen LogP contribution is 2.47. The maximum Gasteiger partial charge on any atom is 0.251 e. The van der Waals surface area contributed by atoms with Gasteiger partial charge >= 0.3 is 0 Å². The predicted octanol–water partition coefficient (Wildman–Crippen LogP) is 3.17. The van der Waals surface area contributed by atoms with Gasteiger partial charge in [-0.15, -0.1) is 0 Å². The first-order valence-electron chi connectivity index (χ1n) is 9.55. The van der Waals surface area contributed by atoms with Gasteiger partial charge in [-0.05, 0) is 30.9 Å². The maximum absolute atomic E-state index is 12.6. The number of nitrogens with zero attached hydrogens (tertiary/aromatic N) is 1. The lowest BCUT2D eigenvalue weighted by molar-refractivity contribution is -0.128. The minimum atomic E-state index is -0.500. The van der Waals surface area contributed by atoms with Crippen molar-refractivity contribution in [3.8, 4) is 11.5 Å². The molecular weight excluding hydrogens is 332 g/mol. The van der Waals surface area contributed by atoms with Crippen LogP contribution in [0.15, 0.2) is 18.2 Å². The van der Waals surface area contributed by atoms with E-state index < -0.39 is 5.79 Å². The Bertz CT molecular complexity index is 725. The minimum Gasteiger partial charge on any atom is -0.448 e. The topological polar surface area (TPSA) is 67.9 Å². The van der Waals surface area contributed by atoms with Crippen molar-refractivity contribution >= 4 is 17.5 Å². The zero-order chi connectivity index (χ0) is 18.3. The molecule has 1 aliphatic carbocycles. The van der Waals surface area contributed by atoms with E-state index in [0.717, 1.165) is 31.4 Å². The molecule has 1 saturated heterocycles. The van der Waals surface area contributed by atoms with Gasteiger partial charge in [0.25, 0.3) is 5.79 Å². The van der Waals surface area contributed by atoms with Crippen LogP contribution in [0.5, 0.6) is 11.5 Å². The Morgan fingerprint density at radius 2 is 2.00 bits per heavy atom. The number of hydrogen-bond acceptors (Lipinski definition) is 4. The molecule has 1 aromatic rings. The zero-order valence-corrected chi connectivity index (χ0v) is 15.4. The number of likely N-dealkylation sites (tertiary alicyclic amines) is 1. The van der Waals surface area contributed by atoms with E-state index in [1.54, 1.807) is 4.90 Å². The predicted molar refractivity (Wildman–Crippen MR) is 97.1 cm³/mol. The molecule has 1 atom stereocenters. The lowest BCUT2D eigenvalue weighted by atomic mass is 10.1. The van der Waals surface area contributed by atoms with E-state index >= 15 is 0 Å². The summed E-state index contributed by atoms with van der Waals surface area (Å²) >= 11 is 0. The van der Waals surface area contributed by atoms with Crippen molar-refractivity contribution in [1.29, 1.82) is 0 Å². The van der Waals surface area contributed by atoms with Gasteiger partial charge in [-0.2, -0.15) is 0 Å². The fourth-order valence-electron chi connectivity index (χ4n) is 4.10. The van der Waals surface area contributed by atoms with Crippen LogP contribution < -0.4 is 14.8 Å². The van der Waals surface area contributed by atoms with Crippen molar-refractivity contribution in [1.82, 2.24) is 4.90 Å². The second kappa shape index (κ2) is 6.49. The molecule has 1 N–H and O–H groups in total. The van der Waals surface area contributed by atoms with E-state index in [1.165, 1.54) is 0 Å². The molecule has 4 rings (SSSR count). The van der Waals surface area contributed by atoms with Crippen molar-refractivity contribution in [3.05, 3.63) is 18.2 Å². The number of carbonyl (C=O) groups is 2. The molecule has 2 heterocycles. The first-order valence-corrected chi connectivity index (χ1v) is 9.55. The van der Waals surface area contributed by atoms with Crippen LogP contribution in [0.4, 0.5) is 5.69 Å². The normalized spacial score (nSPS) is 23.3. The minimum absolute atomic E-state index is 0.0627. The molecule has 1 saturated carbocycles. The summed E-state index contributed by atoms with van der Waals surface area (Å²) < 4.78 is 12.0. The van der Waals surface area contributed by atoms with Crippen LogP contribution in [-0.2, 0) is 9.59 Å². The Morgan fingerprint density at radius 3 is 2.73 bits per heavy atom. The fraction of sp³-hybridized carbons (Fsp3) is 0.600.